The fourth-order valence-electron chi connectivity index (χ4n) is 1.11. The summed E-state index contributed by atoms with van der Waals surface area (Å²) >= 11 is 0. The molecule has 0 atom stereocenters. The van der Waals surface area contributed by atoms with Gasteiger partial charge in [-0.15, -0.1) is 6.42 Å². The van der Waals surface area contributed by atoms with E-state index in [9.17, 15) is 14.9 Å². The molecule has 0 saturated heterocycles. The molecule has 0 aliphatic rings. The lowest BCUT2D eigenvalue weighted by atomic mass is 10.2. The summed E-state index contributed by atoms with van der Waals surface area (Å²) in [7, 11) is 0. The zero-order chi connectivity index (χ0) is 12.7. The lowest BCUT2D eigenvalue weighted by molar-refractivity contribution is -0.384. The maximum absolute atomic E-state index is 11.2. The molecular weight excluding hydrogens is 220 g/mol. The molecule has 5 heteroatoms. The van der Waals surface area contributed by atoms with Gasteiger partial charge in [0.2, 0.25) is 5.91 Å². The van der Waals surface area contributed by atoms with Crippen LogP contribution in [0.4, 0.5) is 5.69 Å². The molecule has 0 fully saturated rings. The van der Waals surface area contributed by atoms with Crippen molar-refractivity contribution in [2.24, 2.45) is 0 Å². The molecule has 1 rings (SSSR count). The monoisotopic (exact) mass is 230 g/mol. The summed E-state index contributed by atoms with van der Waals surface area (Å²) in [5.74, 6) is 1.93. The molecule has 0 saturated carbocycles. The van der Waals surface area contributed by atoms with Gasteiger partial charge in [0.25, 0.3) is 5.69 Å². The summed E-state index contributed by atoms with van der Waals surface area (Å²) in [4.78, 5) is 21.2. The van der Waals surface area contributed by atoms with Crippen LogP contribution < -0.4 is 5.32 Å². The molecule has 1 amide bonds. The van der Waals surface area contributed by atoms with E-state index in [1.807, 2.05) is 0 Å². The number of terminal acetylenes is 1. The highest BCUT2D eigenvalue weighted by molar-refractivity contribution is 5.91. The Morgan fingerprint density at radius 2 is 2.35 bits per heavy atom. The molecule has 0 heterocycles. The molecule has 0 bridgehead atoms. The number of nitro benzene ring substituents is 1. The van der Waals surface area contributed by atoms with E-state index in [0.29, 0.717) is 5.56 Å². The fourth-order valence-corrected chi connectivity index (χ4v) is 1.11. The number of carbonyl (C=O) groups is 1. The SMILES string of the molecule is C#CCNC(=O)C=Cc1cccc([N+](=O)[O-])c1. The van der Waals surface area contributed by atoms with E-state index in [1.165, 1.54) is 24.3 Å². The third-order valence-electron chi connectivity index (χ3n) is 1.87. The van der Waals surface area contributed by atoms with Crippen LogP contribution in [-0.2, 0) is 4.79 Å². The van der Waals surface area contributed by atoms with E-state index < -0.39 is 4.92 Å². The van der Waals surface area contributed by atoms with Gasteiger partial charge < -0.3 is 5.32 Å². The molecule has 17 heavy (non-hydrogen) atoms. The first kappa shape index (κ1) is 12.5. The van der Waals surface area contributed by atoms with E-state index in [4.69, 9.17) is 6.42 Å². The third-order valence-corrected chi connectivity index (χ3v) is 1.87. The Kier molecular flexibility index (Phi) is 4.45. The van der Waals surface area contributed by atoms with Crippen molar-refractivity contribution in [2.75, 3.05) is 6.54 Å². The molecule has 1 aromatic rings. The van der Waals surface area contributed by atoms with Crippen molar-refractivity contribution in [1.29, 1.82) is 0 Å². The summed E-state index contributed by atoms with van der Waals surface area (Å²) in [5, 5.41) is 13.0. The lowest BCUT2D eigenvalue weighted by Crippen LogP contribution is -2.20. The van der Waals surface area contributed by atoms with E-state index in [-0.39, 0.29) is 18.1 Å². The zero-order valence-corrected chi connectivity index (χ0v) is 8.92. The van der Waals surface area contributed by atoms with Crippen LogP contribution in [0.1, 0.15) is 5.56 Å². The van der Waals surface area contributed by atoms with Gasteiger partial charge in [-0.25, -0.2) is 0 Å². The average molecular weight is 230 g/mol. The lowest BCUT2D eigenvalue weighted by Gasteiger charge is -1.95. The van der Waals surface area contributed by atoms with E-state index >= 15 is 0 Å². The van der Waals surface area contributed by atoms with Crippen LogP contribution in [0.5, 0.6) is 0 Å². The Labute approximate surface area is 98.3 Å². The number of nitrogens with zero attached hydrogens (tertiary/aromatic N) is 1. The molecular formula is C12H10N2O3. The highest BCUT2D eigenvalue weighted by atomic mass is 16.6. The standard InChI is InChI=1S/C12H10N2O3/c1-2-8-13-12(15)7-6-10-4-3-5-11(9-10)14(16)17/h1,3-7,9H,8H2,(H,13,15). The predicted molar refractivity (Wildman–Crippen MR) is 64.0 cm³/mol. The molecule has 0 aliphatic heterocycles. The topological polar surface area (TPSA) is 72.2 Å². The summed E-state index contributed by atoms with van der Waals surface area (Å²) in [6.45, 7) is 0.151. The summed E-state index contributed by atoms with van der Waals surface area (Å²) in [5.41, 5.74) is 0.561. The number of benzene rings is 1. The Morgan fingerprint density at radius 3 is 3.00 bits per heavy atom. The van der Waals surface area contributed by atoms with Crippen molar-refractivity contribution in [1.82, 2.24) is 5.32 Å². The minimum absolute atomic E-state index is 0.0174. The quantitative estimate of drug-likeness (QED) is 0.367. The second kappa shape index (κ2) is 6.08. The molecule has 5 nitrogen and oxygen atoms in total. The number of carbonyl (C=O) groups excluding carboxylic acids is 1. The molecule has 0 unspecified atom stereocenters. The predicted octanol–water partition coefficient (Wildman–Crippen LogP) is 1.36. The van der Waals surface area contributed by atoms with Gasteiger partial charge in [0.15, 0.2) is 0 Å². The average Bonchev–Trinajstić information content (AvgIpc) is 2.34. The first-order valence-corrected chi connectivity index (χ1v) is 4.77. The number of hydrogen-bond donors (Lipinski definition) is 1. The Balaban J connectivity index is 2.72. The molecule has 1 N–H and O–H groups in total. The van der Waals surface area contributed by atoms with Crippen LogP contribution in [0.15, 0.2) is 30.3 Å². The Morgan fingerprint density at radius 1 is 1.59 bits per heavy atom. The molecule has 86 valence electrons. The van der Waals surface area contributed by atoms with Gasteiger partial charge in [0.1, 0.15) is 0 Å². The zero-order valence-electron chi connectivity index (χ0n) is 8.92. The van der Waals surface area contributed by atoms with Gasteiger partial charge in [-0.05, 0) is 11.6 Å². The number of rotatable bonds is 4. The summed E-state index contributed by atoms with van der Waals surface area (Å²) in [6, 6.07) is 5.98. The second-order valence-electron chi connectivity index (χ2n) is 3.11. The van der Waals surface area contributed by atoms with Crippen molar-refractivity contribution >= 4 is 17.7 Å². The molecule has 0 aliphatic carbocycles. The van der Waals surface area contributed by atoms with Crippen LogP contribution >= 0.6 is 0 Å². The summed E-state index contributed by atoms with van der Waals surface area (Å²) < 4.78 is 0. The van der Waals surface area contributed by atoms with Crippen molar-refractivity contribution in [3.8, 4) is 12.3 Å². The van der Waals surface area contributed by atoms with Crippen molar-refractivity contribution in [2.45, 2.75) is 0 Å². The number of nitrogens with one attached hydrogen (secondary N) is 1. The first-order chi connectivity index (χ1) is 8.13. The largest absolute Gasteiger partial charge is 0.342 e. The highest BCUT2D eigenvalue weighted by Gasteiger charge is 2.03. The Hall–Kier alpha value is -2.61. The van der Waals surface area contributed by atoms with Crippen molar-refractivity contribution < 1.29 is 9.72 Å². The van der Waals surface area contributed by atoms with E-state index in [2.05, 4.69) is 11.2 Å². The smallest absolute Gasteiger partial charge is 0.270 e. The third kappa shape index (κ3) is 4.18. The second-order valence-corrected chi connectivity index (χ2v) is 3.11. The van der Waals surface area contributed by atoms with Gasteiger partial charge in [-0.1, -0.05) is 18.1 Å². The molecule has 1 aromatic carbocycles. The first-order valence-electron chi connectivity index (χ1n) is 4.77. The fraction of sp³-hybridized carbons (Fsp3) is 0.0833. The van der Waals surface area contributed by atoms with Gasteiger partial charge >= 0.3 is 0 Å². The van der Waals surface area contributed by atoms with Crippen LogP contribution in [0.2, 0.25) is 0 Å². The van der Waals surface area contributed by atoms with Crippen LogP contribution in [-0.4, -0.2) is 17.4 Å². The molecule has 0 aromatic heterocycles. The van der Waals surface area contributed by atoms with Gasteiger partial charge in [-0.2, -0.15) is 0 Å². The highest BCUT2D eigenvalue weighted by Crippen LogP contribution is 2.13. The number of non-ortho nitro benzene ring substituents is 1. The van der Waals surface area contributed by atoms with Gasteiger partial charge in [0, 0.05) is 18.2 Å². The van der Waals surface area contributed by atoms with Crippen molar-refractivity contribution in [3.05, 3.63) is 46.0 Å². The number of amides is 1. The van der Waals surface area contributed by atoms with Gasteiger partial charge in [-0.3, -0.25) is 14.9 Å². The van der Waals surface area contributed by atoms with E-state index in [1.54, 1.807) is 12.1 Å². The minimum Gasteiger partial charge on any atom is -0.342 e. The number of nitro groups is 1. The Bertz CT molecular complexity index is 501. The van der Waals surface area contributed by atoms with Crippen molar-refractivity contribution in [3.63, 3.8) is 0 Å². The maximum Gasteiger partial charge on any atom is 0.270 e. The number of hydrogen-bond acceptors (Lipinski definition) is 3. The molecule has 0 spiro atoms. The van der Waals surface area contributed by atoms with Gasteiger partial charge in [0.05, 0.1) is 11.5 Å². The van der Waals surface area contributed by atoms with E-state index in [0.717, 1.165) is 0 Å². The maximum atomic E-state index is 11.2. The van der Waals surface area contributed by atoms with Crippen LogP contribution in [0, 0.1) is 22.5 Å². The van der Waals surface area contributed by atoms with Crippen LogP contribution in [0.25, 0.3) is 6.08 Å². The summed E-state index contributed by atoms with van der Waals surface area (Å²) in [6.07, 6.45) is 7.73. The van der Waals surface area contributed by atoms with Crippen LogP contribution in [0.3, 0.4) is 0 Å². The molecule has 0 radical (unpaired) electrons. The minimum atomic E-state index is -0.490. The normalized spacial score (nSPS) is 9.82.